The molecule has 204 valence electrons. The van der Waals surface area contributed by atoms with Gasteiger partial charge in [-0.25, -0.2) is 0 Å². The summed E-state index contributed by atoms with van der Waals surface area (Å²) in [5.74, 6) is 0.217. The Labute approximate surface area is 250 Å². The van der Waals surface area contributed by atoms with E-state index in [0.717, 1.165) is 44.6 Å². The first-order chi connectivity index (χ1) is 21.2. The molecule has 0 saturated carbocycles. The first kappa shape index (κ1) is 25.1. The molecule has 1 aliphatic heterocycles. The Kier molecular flexibility index (Phi) is 5.84. The van der Waals surface area contributed by atoms with Crippen LogP contribution in [-0.2, 0) is 0 Å². The van der Waals surface area contributed by atoms with Crippen LogP contribution in [0.25, 0.3) is 50.2 Å². The van der Waals surface area contributed by atoms with E-state index < -0.39 is 0 Å². The van der Waals surface area contributed by atoms with Gasteiger partial charge >= 0.3 is 0 Å². The smallest absolute Gasteiger partial charge is 0.0891 e. The number of para-hydroxylation sites is 2. The highest BCUT2D eigenvalue weighted by Gasteiger charge is 2.19. The standard InChI is InChI=1S/C39H28N4/c1-26-22-28(14-16-30(23-26)43-37-11-6-4-8-32(37)34-24-40-20-7-12-38(34)43)31-18-17-29(15-13-27(31)2)42-36-10-5-3-9-33(36)35-25-41-21-19-39(35)42/h3-6,8-14,16-26H,1-2H3. The maximum absolute atomic E-state index is 4.42. The molecule has 0 bridgehead atoms. The van der Waals surface area contributed by atoms with Crippen molar-refractivity contribution in [2.75, 3.05) is 0 Å². The summed E-state index contributed by atoms with van der Waals surface area (Å²) in [6, 6.07) is 19.1. The van der Waals surface area contributed by atoms with Crippen molar-refractivity contribution in [3.63, 3.8) is 0 Å². The quantitative estimate of drug-likeness (QED) is 0.205. The van der Waals surface area contributed by atoms with Crippen LogP contribution < -0.4 is 0 Å². The van der Waals surface area contributed by atoms with E-state index >= 15 is 0 Å². The van der Waals surface area contributed by atoms with Crippen LogP contribution in [0.4, 0.5) is 0 Å². The molecule has 3 aromatic heterocycles. The SMILES string of the molecule is CC1=C(C2=CC(C)C=C(n3c4c(c5ccccc53)C=NC=C=C4)C=C2)C=CC(n2c3ccccc3c3cnccc32)=C=C1. The molecule has 3 aliphatic rings. The van der Waals surface area contributed by atoms with Crippen molar-refractivity contribution >= 4 is 56.4 Å². The van der Waals surface area contributed by atoms with Crippen LogP contribution >= 0.6 is 0 Å². The lowest BCUT2D eigenvalue weighted by atomic mass is 9.97. The van der Waals surface area contributed by atoms with Gasteiger partial charge in [-0.1, -0.05) is 79.1 Å². The molecule has 8 rings (SSSR count). The van der Waals surface area contributed by atoms with Gasteiger partial charge in [-0.15, -0.1) is 0 Å². The number of aliphatic imine (C=N–C) groups is 1. The summed E-state index contributed by atoms with van der Waals surface area (Å²) < 4.78 is 4.61. The van der Waals surface area contributed by atoms with Crippen molar-refractivity contribution in [1.82, 2.24) is 14.1 Å². The molecule has 0 saturated heterocycles. The molecule has 2 aliphatic carbocycles. The average Bonchev–Trinajstić information content (AvgIpc) is 3.19. The van der Waals surface area contributed by atoms with Crippen molar-refractivity contribution in [2.24, 2.45) is 10.9 Å². The second-order valence-corrected chi connectivity index (χ2v) is 11.1. The molecule has 4 heterocycles. The minimum Gasteiger partial charge on any atom is -0.309 e. The number of hydrogen-bond acceptors (Lipinski definition) is 2. The van der Waals surface area contributed by atoms with E-state index in [-0.39, 0.29) is 5.92 Å². The van der Waals surface area contributed by atoms with E-state index in [4.69, 9.17) is 0 Å². The van der Waals surface area contributed by atoms with E-state index in [2.05, 4.69) is 142 Å². The van der Waals surface area contributed by atoms with E-state index in [1.165, 1.54) is 27.5 Å². The van der Waals surface area contributed by atoms with Crippen LogP contribution in [0.15, 0.2) is 149 Å². The fourth-order valence-electron chi connectivity index (χ4n) is 6.47. The Hall–Kier alpha value is -5.66. The van der Waals surface area contributed by atoms with Gasteiger partial charge in [0.25, 0.3) is 0 Å². The molecule has 0 fully saturated rings. The molecule has 0 spiro atoms. The number of nitrogens with zero attached hydrogens (tertiary/aromatic N) is 4. The van der Waals surface area contributed by atoms with Crippen molar-refractivity contribution in [3.05, 3.63) is 155 Å². The molecule has 43 heavy (non-hydrogen) atoms. The first-order valence-electron chi connectivity index (χ1n) is 14.6. The van der Waals surface area contributed by atoms with E-state index in [1.54, 1.807) is 6.20 Å². The molecule has 2 aromatic carbocycles. The minimum atomic E-state index is 0.217. The van der Waals surface area contributed by atoms with Gasteiger partial charge in [0.15, 0.2) is 0 Å². The molecule has 4 nitrogen and oxygen atoms in total. The lowest BCUT2D eigenvalue weighted by molar-refractivity contribution is 0.928. The van der Waals surface area contributed by atoms with Crippen LogP contribution in [0.2, 0.25) is 0 Å². The van der Waals surface area contributed by atoms with E-state index in [9.17, 15) is 0 Å². The molecule has 5 aromatic rings. The number of benzene rings is 2. The highest BCUT2D eigenvalue weighted by atomic mass is 15.0. The molecule has 0 N–H and O–H groups in total. The van der Waals surface area contributed by atoms with E-state index in [1.807, 2.05) is 24.7 Å². The monoisotopic (exact) mass is 552 g/mol. The predicted molar refractivity (Wildman–Crippen MR) is 180 cm³/mol. The van der Waals surface area contributed by atoms with Crippen LogP contribution in [-0.4, -0.2) is 20.3 Å². The van der Waals surface area contributed by atoms with E-state index in [0.29, 0.717) is 0 Å². The van der Waals surface area contributed by atoms with Gasteiger partial charge < -0.3 is 9.13 Å². The zero-order valence-electron chi connectivity index (χ0n) is 24.0. The Morgan fingerprint density at radius 3 is 2.44 bits per heavy atom. The maximum Gasteiger partial charge on any atom is 0.0891 e. The molecule has 1 atom stereocenters. The summed E-state index contributed by atoms with van der Waals surface area (Å²) in [6.07, 6.45) is 25.2. The highest BCUT2D eigenvalue weighted by Crippen LogP contribution is 2.35. The molecule has 0 amide bonds. The lowest BCUT2D eigenvalue weighted by Gasteiger charge is -2.11. The summed E-state index contributed by atoms with van der Waals surface area (Å²) in [5, 5.41) is 3.52. The zero-order valence-corrected chi connectivity index (χ0v) is 24.0. The Morgan fingerprint density at radius 2 is 1.56 bits per heavy atom. The van der Waals surface area contributed by atoms with Crippen LogP contribution in [0, 0.1) is 5.92 Å². The number of pyridine rings is 1. The Morgan fingerprint density at radius 1 is 0.767 bits per heavy atom. The Bertz CT molecular complexity index is 2270. The lowest BCUT2D eigenvalue weighted by Crippen LogP contribution is -1.99. The number of hydrogen-bond donors (Lipinski definition) is 0. The molecular formula is C39H28N4. The maximum atomic E-state index is 4.42. The van der Waals surface area contributed by atoms with Crippen molar-refractivity contribution in [3.8, 4) is 0 Å². The van der Waals surface area contributed by atoms with Gasteiger partial charge in [-0.05, 0) is 66.0 Å². The third kappa shape index (κ3) is 4.09. The summed E-state index contributed by atoms with van der Waals surface area (Å²) in [4.78, 5) is 8.82. The Balaban J connectivity index is 1.19. The van der Waals surface area contributed by atoms with Crippen molar-refractivity contribution in [1.29, 1.82) is 0 Å². The van der Waals surface area contributed by atoms with Crippen LogP contribution in [0.1, 0.15) is 25.1 Å². The van der Waals surface area contributed by atoms with Gasteiger partial charge in [-0.3, -0.25) is 9.98 Å². The first-order valence-corrected chi connectivity index (χ1v) is 14.6. The number of rotatable bonds is 3. The third-order valence-electron chi connectivity index (χ3n) is 8.39. The fraction of sp³-hybridized carbons (Fsp3) is 0.0769. The van der Waals surface area contributed by atoms with Gasteiger partial charge in [0.2, 0.25) is 0 Å². The largest absolute Gasteiger partial charge is 0.309 e. The van der Waals surface area contributed by atoms with Gasteiger partial charge in [0.1, 0.15) is 0 Å². The van der Waals surface area contributed by atoms with Crippen LogP contribution in [0.5, 0.6) is 0 Å². The summed E-state index contributed by atoms with van der Waals surface area (Å²) >= 11 is 0. The average molecular weight is 553 g/mol. The summed E-state index contributed by atoms with van der Waals surface area (Å²) in [6.45, 7) is 4.41. The summed E-state index contributed by atoms with van der Waals surface area (Å²) in [5.41, 5.74) is 18.1. The number of aromatic nitrogens is 3. The molecule has 1 unspecified atom stereocenters. The normalized spacial score (nSPS) is 17.7. The topological polar surface area (TPSA) is 35.1 Å². The van der Waals surface area contributed by atoms with Crippen LogP contribution in [0.3, 0.4) is 0 Å². The van der Waals surface area contributed by atoms with Gasteiger partial charge in [0.05, 0.1) is 34.1 Å². The molecular weight excluding hydrogens is 524 g/mol. The molecule has 4 heteroatoms. The zero-order chi connectivity index (χ0) is 28.9. The van der Waals surface area contributed by atoms with Crippen molar-refractivity contribution < 1.29 is 0 Å². The second-order valence-electron chi connectivity index (χ2n) is 11.1. The highest BCUT2D eigenvalue weighted by molar-refractivity contribution is 6.10. The van der Waals surface area contributed by atoms with Crippen molar-refractivity contribution in [2.45, 2.75) is 13.8 Å². The minimum absolute atomic E-state index is 0.217. The second kappa shape index (κ2) is 10.0. The number of fused-ring (bicyclic) bond motifs is 6. The summed E-state index contributed by atoms with van der Waals surface area (Å²) in [7, 11) is 0. The molecule has 0 radical (unpaired) electrons. The van der Waals surface area contributed by atoms with Gasteiger partial charge in [-0.2, -0.15) is 0 Å². The number of allylic oxidation sites excluding steroid dienone is 11. The predicted octanol–water partition coefficient (Wildman–Crippen LogP) is 9.26. The van der Waals surface area contributed by atoms with Gasteiger partial charge in [0, 0.05) is 52.1 Å². The third-order valence-corrected chi connectivity index (χ3v) is 8.39. The fourth-order valence-corrected chi connectivity index (χ4v) is 6.47.